The van der Waals surface area contributed by atoms with E-state index in [2.05, 4.69) is 20.3 Å². The first-order chi connectivity index (χ1) is 23.1. The lowest BCUT2D eigenvalue weighted by Gasteiger charge is -2.21. The number of carboxylic acid groups (broad SMARTS) is 1. The predicted octanol–water partition coefficient (Wildman–Crippen LogP) is 6.29. The van der Waals surface area contributed by atoms with Crippen LogP contribution in [0.25, 0.3) is 17.0 Å². The van der Waals surface area contributed by atoms with Gasteiger partial charge in [-0.25, -0.2) is 14.8 Å². The number of nitrogens with zero attached hydrogens (tertiary/aromatic N) is 4. The number of carbonyl (C=O) groups is 3. The van der Waals surface area contributed by atoms with Crippen LogP contribution in [0.15, 0.2) is 85.2 Å². The molecule has 13 heteroatoms. The Balaban J connectivity index is 1.25. The summed E-state index contributed by atoms with van der Waals surface area (Å²) in [4.78, 5) is 50.3. The van der Waals surface area contributed by atoms with Gasteiger partial charge in [-0.1, -0.05) is 41.4 Å². The highest BCUT2D eigenvalue weighted by atomic mass is 35.5. The molecule has 0 aliphatic heterocycles. The zero-order valence-corrected chi connectivity index (χ0v) is 27.3. The second-order valence-electron chi connectivity index (χ2n) is 10.5. The number of aromatic nitrogens is 3. The number of anilines is 1. The Morgan fingerprint density at radius 2 is 1.77 bits per heavy atom. The summed E-state index contributed by atoms with van der Waals surface area (Å²) in [6, 6.07) is 19.1. The highest BCUT2D eigenvalue weighted by Crippen LogP contribution is 2.36. The van der Waals surface area contributed by atoms with E-state index < -0.39 is 17.8 Å². The third-order valence-corrected chi connectivity index (χ3v) is 7.89. The van der Waals surface area contributed by atoms with Crippen LogP contribution in [0.3, 0.4) is 0 Å². The minimum Gasteiger partial charge on any atom is -0.487 e. The number of para-hydroxylation sites is 1. The van der Waals surface area contributed by atoms with Gasteiger partial charge in [-0.3, -0.25) is 14.6 Å². The smallest absolute Gasteiger partial charge is 0.354 e. The third kappa shape index (κ3) is 8.24. The number of ether oxygens (including phenoxy) is 2. The molecular weight excluding hydrogens is 657 g/mol. The van der Waals surface area contributed by atoms with Crippen LogP contribution < -0.4 is 19.7 Å². The standard InChI is InChI=1S/C35H29Cl2N5O6/c1-21-16-30(47-19-23-6-3-4-15-38-23)24-7-5-8-29(34(24)41-21)48-20-25-26(36)11-13-28(33(25)37)42(2)32(44)18-40-31(43)14-10-22-9-12-27(35(45)46)39-17-22/h3-17H,18-20H2,1-2H3,(H,40,43)(H,45,46). The second kappa shape index (κ2) is 15.4. The van der Waals surface area contributed by atoms with Crippen LogP contribution in [0.4, 0.5) is 5.69 Å². The Bertz CT molecular complexity index is 2010. The summed E-state index contributed by atoms with van der Waals surface area (Å²) in [6.07, 6.45) is 5.70. The minimum atomic E-state index is -1.15. The number of aryl methyl sites for hydroxylation is 1. The predicted molar refractivity (Wildman–Crippen MR) is 182 cm³/mol. The van der Waals surface area contributed by atoms with E-state index >= 15 is 0 Å². The van der Waals surface area contributed by atoms with Crippen LogP contribution in [-0.4, -0.2) is 51.4 Å². The van der Waals surface area contributed by atoms with Crippen molar-refractivity contribution in [1.82, 2.24) is 20.3 Å². The molecule has 2 amide bonds. The molecule has 3 heterocycles. The molecule has 2 aromatic carbocycles. The first kappa shape index (κ1) is 33.8. The zero-order chi connectivity index (χ0) is 34.2. The fraction of sp³-hybridized carbons (Fsp3) is 0.143. The summed E-state index contributed by atoms with van der Waals surface area (Å²) in [7, 11) is 1.53. The summed E-state index contributed by atoms with van der Waals surface area (Å²) in [6.45, 7) is 1.83. The maximum Gasteiger partial charge on any atom is 0.354 e. The lowest BCUT2D eigenvalue weighted by atomic mass is 10.1. The van der Waals surface area contributed by atoms with Crippen molar-refractivity contribution in [3.63, 3.8) is 0 Å². The molecule has 48 heavy (non-hydrogen) atoms. The van der Waals surface area contributed by atoms with E-state index in [4.69, 9.17) is 37.8 Å². The summed E-state index contributed by atoms with van der Waals surface area (Å²) in [5.41, 5.74) is 3.37. The van der Waals surface area contributed by atoms with Gasteiger partial charge in [-0.15, -0.1) is 0 Å². The van der Waals surface area contributed by atoms with Crippen LogP contribution >= 0.6 is 23.2 Å². The third-order valence-electron chi connectivity index (χ3n) is 7.11. The van der Waals surface area contributed by atoms with Crippen LogP contribution in [0.5, 0.6) is 11.5 Å². The lowest BCUT2D eigenvalue weighted by molar-refractivity contribution is -0.122. The van der Waals surface area contributed by atoms with Crippen LogP contribution in [0.2, 0.25) is 10.0 Å². The molecule has 0 radical (unpaired) electrons. The molecule has 3 aromatic heterocycles. The van der Waals surface area contributed by atoms with Crippen molar-refractivity contribution in [2.45, 2.75) is 20.1 Å². The molecule has 5 aromatic rings. The molecule has 0 unspecified atom stereocenters. The number of halogens is 2. The number of hydrogen-bond donors (Lipinski definition) is 2. The number of rotatable bonds is 12. The van der Waals surface area contributed by atoms with Gasteiger partial charge in [0.25, 0.3) is 0 Å². The number of hydrogen-bond acceptors (Lipinski definition) is 8. The number of carbonyl (C=O) groups excluding carboxylic acids is 2. The van der Waals surface area contributed by atoms with E-state index in [1.807, 2.05) is 43.3 Å². The van der Waals surface area contributed by atoms with Crippen LogP contribution in [0, 0.1) is 6.92 Å². The molecule has 0 aliphatic carbocycles. The first-order valence-corrected chi connectivity index (χ1v) is 15.3. The van der Waals surface area contributed by atoms with E-state index in [1.54, 1.807) is 24.4 Å². The van der Waals surface area contributed by atoms with E-state index in [0.717, 1.165) is 16.8 Å². The number of likely N-dealkylation sites (N-methyl/N-ethyl adjacent to an activating group) is 1. The molecule has 2 N–H and O–H groups in total. The van der Waals surface area contributed by atoms with Crippen molar-refractivity contribution in [2.24, 2.45) is 0 Å². The molecule has 0 saturated carbocycles. The van der Waals surface area contributed by atoms with Gasteiger partial charge in [0.05, 0.1) is 22.9 Å². The fourth-order valence-corrected chi connectivity index (χ4v) is 5.19. The molecule has 0 atom stereocenters. The van der Waals surface area contributed by atoms with Gasteiger partial charge in [0.1, 0.15) is 35.9 Å². The fourth-order valence-electron chi connectivity index (χ4n) is 4.59. The van der Waals surface area contributed by atoms with E-state index in [9.17, 15) is 14.4 Å². The van der Waals surface area contributed by atoms with Crippen molar-refractivity contribution >= 4 is 63.7 Å². The SMILES string of the molecule is Cc1cc(OCc2ccccn2)c2cccc(OCc3c(Cl)ccc(N(C)C(=O)CNC(=O)C=Cc4ccc(C(=O)O)nc4)c3Cl)c2n1. The highest BCUT2D eigenvalue weighted by Gasteiger charge is 2.20. The van der Waals surface area contributed by atoms with Crippen molar-refractivity contribution in [2.75, 3.05) is 18.5 Å². The highest BCUT2D eigenvalue weighted by molar-refractivity contribution is 6.38. The number of amides is 2. The summed E-state index contributed by atoms with van der Waals surface area (Å²) >= 11 is 13.3. The number of carboxylic acids is 1. The normalized spacial score (nSPS) is 11.0. The maximum atomic E-state index is 13.0. The average Bonchev–Trinajstić information content (AvgIpc) is 3.09. The molecule has 0 saturated heterocycles. The Kier molecular flexibility index (Phi) is 10.8. The van der Waals surface area contributed by atoms with E-state index in [-0.39, 0.29) is 30.5 Å². The number of benzene rings is 2. The molecule has 244 valence electrons. The Morgan fingerprint density at radius 3 is 2.50 bits per heavy atom. The number of fused-ring (bicyclic) bond motifs is 1. The number of pyridine rings is 3. The molecule has 0 fully saturated rings. The molecule has 0 spiro atoms. The van der Waals surface area contributed by atoms with Crippen LogP contribution in [-0.2, 0) is 22.8 Å². The van der Waals surface area contributed by atoms with E-state index in [0.29, 0.717) is 38.9 Å². The largest absolute Gasteiger partial charge is 0.487 e. The molecule has 0 bridgehead atoms. The van der Waals surface area contributed by atoms with Gasteiger partial charge < -0.3 is 24.8 Å². The van der Waals surface area contributed by atoms with E-state index in [1.165, 1.54) is 42.4 Å². The van der Waals surface area contributed by atoms with Crippen molar-refractivity contribution in [3.05, 3.63) is 123 Å². The first-order valence-electron chi connectivity index (χ1n) is 14.5. The molecule has 5 rings (SSSR count). The zero-order valence-electron chi connectivity index (χ0n) is 25.8. The van der Waals surface area contributed by atoms with Gasteiger partial charge in [0.2, 0.25) is 11.8 Å². The second-order valence-corrected chi connectivity index (χ2v) is 11.2. The monoisotopic (exact) mass is 685 g/mol. The Morgan fingerprint density at radius 1 is 0.958 bits per heavy atom. The average molecular weight is 687 g/mol. The van der Waals surface area contributed by atoms with Crippen molar-refractivity contribution in [1.29, 1.82) is 0 Å². The summed E-state index contributed by atoms with van der Waals surface area (Å²) < 4.78 is 12.3. The number of nitrogens with one attached hydrogen (secondary N) is 1. The van der Waals surface area contributed by atoms with Gasteiger partial charge in [-0.05, 0) is 61.0 Å². The Labute approximate surface area is 285 Å². The molecular formula is C35H29Cl2N5O6. The number of aromatic carboxylic acids is 1. The maximum absolute atomic E-state index is 13.0. The topological polar surface area (TPSA) is 144 Å². The molecule has 0 aliphatic rings. The molecule has 11 nitrogen and oxygen atoms in total. The summed E-state index contributed by atoms with van der Waals surface area (Å²) in [5, 5.41) is 12.8. The van der Waals surface area contributed by atoms with Crippen molar-refractivity contribution < 1.29 is 29.0 Å². The quantitative estimate of drug-likeness (QED) is 0.145. The van der Waals surface area contributed by atoms with Gasteiger partial charge in [0, 0.05) is 53.2 Å². The van der Waals surface area contributed by atoms with Crippen molar-refractivity contribution in [3.8, 4) is 11.5 Å². The minimum absolute atomic E-state index is 0.0176. The van der Waals surface area contributed by atoms with Gasteiger partial charge in [-0.2, -0.15) is 0 Å². The lowest BCUT2D eigenvalue weighted by Crippen LogP contribution is -2.37. The van der Waals surface area contributed by atoms with Crippen LogP contribution in [0.1, 0.15) is 33.0 Å². The Hall–Kier alpha value is -5.52. The van der Waals surface area contributed by atoms with Gasteiger partial charge in [0.15, 0.2) is 0 Å². The summed E-state index contributed by atoms with van der Waals surface area (Å²) in [5.74, 6) is -0.987. The van der Waals surface area contributed by atoms with Gasteiger partial charge >= 0.3 is 5.97 Å².